The SMILES string of the molecule is CCOc1nc2nc(C)cc(Nc3ccc(C)cc3)n2n1.CCc1nc2nc(C)cc(Nc3ccc(C)cc3)n2n1.COc1nc2nc(C)cc(Nc3cccc(Cl)c3)n2n1.Cc1cc(Nc2cc(F)c(C)c(F)c2)n2nc(C)nc2n1.Cc1cc(Nc2ccc(S(F)(F)(F)(F)F)cc2)n2nc(C)nc2n1.Cc1cc(Nc2ccc3c(c2)CCCC3)n2ncnc2n1.Cc1ccc(Nc2cc(C)nc3nc(C(C)C)nn23)cc1. The van der Waals surface area contributed by atoms with E-state index in [0.717, 1.165) is 122 Å². The van der Waals surface area contributed by atoms with Crippen molar-refractivity contribution in [3.8, 4) is 12.0 Å². The lowest BCUT2D eigenvalue weighted by Gasteiger charge is -2.40. The largest absolute Gasteiger partial charge is 0.466 e. The first-order chi connectivity index (χ1) is 70.5. The normalized spacial score (nSPS) is 12.1. The molecule has 7 aromatic carbocycles. The van der Waals surface area contributed by atoms with Gasteiger partial charge in [0.25, 0.3) is 40.4 Å². The number of fused-ring (bicyclic) bond motifs is 8. The van der Waals surface area contributed by atoms with Gasteiger partial charge in [-0.15, -0.1) is 30.6 Å². The lowest BCUT2D eigenvalue weighted by Crippen LogP contribution is -2.06. The molecule has 1 aliphatic rings. The maximum atomic E-state index is 13.6. The number of hydrogen-bond acceptors (Lipinski definition) is 30. The van der Waals surface area contributed by atoms with E-state index >= 15 is 0 Å². The Morgan fingerprint density at radius 2 is 0.709 bits per heavy atom. The Balaban J connectivity index is 0.000000123. The number of aryl methyl sites for hydroxylation is 15. The van der Waals surface area contributed by atoms with Crippen LogP contribution in [0.5, 0.6) is 12.0 Å². The lowest BCUT2D eigenvalue weighted by atomic mass is 9.91. The van der Waals surface area contributed by atoms with Crippen LogP contribution in [0, 0.1) is 102 Å². The first-order valence-corrected chi connectivity index (χ1v) is 49.4. The number of halogens is 8. The van der Waals surface area contributed by atoms with E-state index in [1.807, 2.05) is 122 Å². The summed E-state index contributed by atoms with van der Waals surface area (Å²) in [5.41, 5.74) is 17.9. The smallest absolute Gasteiger partial charge is 0.337 e. The van der Waals surface area contributed by atoms with Gasteiger partial charge in [0.15, 0.2) is 11.6 Å². The van der Waals surface area contributed by atoms with Crippen LogP contribution < -0.4 is 46.7 Å². The van der Waals surface area contributed by atoms with Crippen molar-refractivity contribution in [3.63, 3.8) is 0 Å². The summed E-state index contributed by atoms with van der Waals surface area (Å²) in [6.07, 6.45) is 7.31. The van der Waals surface area contributed by atoms with Gasteiger partial charge in [0.05, 0.1) is 13.7 Å². The fraction of sp³-hybridized carbons (Fsp3) is 0.245. The molecule has 0 atom stereocenters. The van der Waals surface area contributed by atoms with Crippen LogP contribution in [0.2, 0.25) is 5.02 Å². The van der Waals surface area contributed by atoms with Crippen LogP contribution in [-0.2, 0) is 19.3 Å². The summed E-state index contributed by atoms with van der Waals surface area (Å²) >= 11 is 5.98. The van der Waals surface area contributed by atoms with Crippen LogP contribution in [-0.4, -0.2) is 151 Å². The molecule has 21 aromatic rings. The summed E-state index contributed by atoms with van der Waals surface area (Å²) in [6.45, 7) is 32.9. The highest BCUT2D eigenvalue weighted by molar-refractivity contribution is 8.45. The quantitative estimate of drug-likeness (QED) is 0.0348. The number of ether oxygens (including phenoxy) is 2. The molecule has 0 spiro atoms. The first kappa shape index (κ1) is 104. The molecule has 1 aliphatic carbocycles. The van der Waals surface area contributed by atoms with Crippen molar-refractivity contribution < 1.29 is 37.7 Å². The topological polar surface area (TPSA) is 404 Å². The zero-order chi connectivity index (χ0) is 105. The summed E-state index contributed by atoms with van der Waals surface area (Å²) in [7, 11) is -8.15. The van der Waals surface area contributed by atoms with Crippen LogP contribution in [0.3, 0.4) is 0 Å². The summed E-state index contributed by atoms with van der Waals surface area (Å²) in [4.78, 5) is 58.1. The molecule has 0 saturated carbocycles. The molecule has 14 aromatic heterocycles. The van der Waals surface area contributed by atoms with Crippen molar-refractivity contribution in [3.05, 3.63) is 314 Å². The van der Waals surface area contributed by atoms with Crippen molar-refractivity contribution in [1.29, 1.82) is 0 Å². The maximum Gasteiger partial charge on any atom is 0.337 e. The van der Waals surface area contributed by atoms with Crippen LogP contribution in [0.25, 0.3) is 40.4 Å². The van der Waals surface area contributed by atoms with Gasteiger partial charge in [-0.05, 0) is 237 Å². The van der Waals surface area contributed by atoms with Gasteiger partial charge in [0, 0.05) is 145 Å². The molecule has 22 rings (SSSR count). The van der Waals surface area contributed by atoms with E-state index in [4.69, 9.17) is 21.1 Å². The number of hydrogen-bond donors (Lipinski definition) is 7. The Morgan fingerprint density at radius 1 is 0.351 bits per heavy atom. The van der Waals surface area contributed by atoms with E-state index < -0.39 is 26.8 Å². The molecule has 764 valence electrons. The zero-order valence-electron chi connectivity index (χ0n) is 84.1. The molecule has 0 unspecified atom stereocenters. The molecule has 0 radical (unpaired) electrons. The molecule has 46 heteroatoms. The van der Waals surface area contributed by atoms with Crippen LogP contribution in [0.15, 0.2) is 205 Å². The van der Waals surface area contributed by atoms with Crippen LogP contribution in [0.1, 0.15) is 143 Å². The molecule has 37 nitrogen and oxygen atoms in total. The highest BCUT2D eigenvalue weighted by Crippen LogP contribution is 3.02. The van der Waals surface area contributed by atoms with E-state index in [2.05, 4.69) is 256 Å². The molecule has 0 bridgehead atoms. The van der Waals surface area contributed by atoms with Crippen molar-refractivity contribution in [1.82, 2.24) is 137 Å². The molecule has 0 aliphatic heterocycles. The minimum atomic E-state index is -9.67. The van der Waals surface area contributed by atoms with E-state index in [9.17, 15) is 28.2 Å². The Kier molecular flexibility index (Phi) is 30.3. The van der Waals surface area contributed by atoms with E-state index in [-0.39, 0.29) is 23.2 Å². The van der Waals surface area contributed by atoms with Crippen molar-refractivity contribution in [2.24, 2.45) is 0 Å². The van der Waals surface area contributed by atoms with Gasteiger partial charge in [-0.3, -0.25) is 0 Å². The summed E-state index contributed by atoms with van der Waals surface area (Å²) < 4.78 is 113. The molecule has 14 heterocycles. The Morgan fingerprint density at radius 3 is 1.14 bits per heavy atom. The highest BCUT2D eigenvalue weighted by Gasteiger charge is 2.65. The van der Waals surface area contributed by atoms with Gasteiger partial charge < -0.3 is 46.7 Å². The predicted molar refractivity (Wildman–Crippen MR) is 559 cm³/mol. The van der Waals surface area contributed by atoms with E-state index in [1.54, 1.807) is 55.5 Å². The number of anilines is 14. The van der Waals surface area contributed by atoms with E-state index in [0.29, 0.717) is 105 Å². The molecule has 0 fully saturated rings. The van der Waals surface area contributed by atoms with Gasteiger partial charge >= 0.3 is 22.2 Å². The lowest BCUT2D eigenvalue weighted by molar-refractivity contribution is 0.313. The molecular weight excluding hydrogens is 1950 g/mol. The summed E-state index contributed by atoms with van der Waals surface area (Å²) in [6, 6.07) is 57.5. The second-order valence-corrected chi connectivity index (χ2v) is 38.1. The number of nitrogens with one attached hydrogen (secondary N) is 7. The molecule has 7 N–H and O–H groups in total. The van der Waals surface area contributed by atoms with Crippen molar-refractivity contribution in [2.45, 2.75) is 161 Å². The third kappa shape index (κ3) is 26.1. The third-order valence-electron chi connectivity index (χ3n) is 22.4. The monoisotopic (exact) mass is 2050 g/mol. The third-order valence-corrected chi connectivity index (χ3v) is 23.8. The van der Waals surface area contributed by atoms with Gasteiger partial charge in [-0.2, -0.15) is 71.6 Å². The molecule has 0 amide bonds. The Labute approximate surface area is 850 Å². The average Bonchev–Trinajstić information content (AvgIpc) is 0.886. The van der Waals surface area contributed by atoms with E-state index in [1.165, 1.54) is 95.0 Å². The van der Waals surface area contributed by atoms with Crippen LogP contribution >= 0.6 is 21.8 Å². The standard InChI is InChI=1S/C16H17N5.C16H19N5.C15H17N5O.C15H17N5.C14H13F2N5.C13H12ClN5O.C13H12F5N5S/c1-11-8-15(21-16(19-11)17-10-18-21)20-14-7-6-12-4-2-3-5-13(12)9-14;1-10(2)15-19-16-17-12(4)9-14(21(16)20-15)18-13-7-5-11(3)6-8-13;1-4-21-15-18-14-16-11(3)9-13(20(14)19-15)17-12-7-5-10(2)6-8-12;1-4-13-18-15-16-11(3)9-14(20(15)19-13)17-12-7-5-10(2)6-8-12;1-7-4-13(21-14(17-7)18-9(3)20-21)19-10-5-11(15)8(2)12(16)6-10;1-8-6-11(16-10-5-3-4-9(14)7-10)19-12(15-8)17-13(18-19)20-2;1-8-7-12(23-13(19-8)20-9(2)22-23)21-10-3-5-11(6-4-10)24(14,15,16,17)18/h6-10,20H,2-5H2,1H3;5-10,18H,1-4H3;5-9,17H,4H2,1-3H3;5-9,17H,4H2,1-3H3;4-6,19H,1-3H3;3-7,16H,1-2H3;3-7,21H,1-2H3. The average molecular weight is 2060 g/mol. The van der Waals surface area contributed by atoms with Gasteiger partial charge in [0.1, 0.15) is 75.2 Å². The molecule has 148 heavy (non-hydrogen) atoms. The van der Waals surface area contributed by atoms with Gasteiger partial charge in [-0.1, -0.05) is 117 Å². The van der Waals surface area contributed by atoms with Gasteiger partial charge in [-0.25, -0.2) is 43.7 Å². The highest BCUT2D eigenvalue weighted by atomic mass is 35.5. The zero-order valence-corrected chi connectivity index (χ0v) is 85.7. The fourth-order valence-electron chi connectivity index (χ4n) is 15.2. The predicted octanol–water partition coefficient (Wildman–Crippen LogP) is 23.6. The number of nitrogens with zero attached hydrogens (tertiary/aromatic N) is 28. The fourth-order valence-corrected chi connectivity index (χ4v) is 16.0. The minimum absolute atomic E-state index is 0.00629. The first-order valence-electron chi connectivity index (χ1n) is 47.0. The summed E-state index contributed by atoms with van der Waals surface area (Å²) in [5, 5.41) is 53.3. The minimum Gasteiger partial charge on any atom is -0.466 e. The number of rotatable bonds is 20. The Hall–Kier alpha value is -17.3. The maximum absolute atomic E-state index is 13.6. The molecule has 0 saturated heterocycles. The summed E-state index contributed by atoms with van der Waals surface area (Å²) in [5.74, 6) is 10.5. The number of methoxy groups -OCH3 is 1. The van der Waals surface area contributed by atoms with Crippen molar-refractivity contribution in [2.75, 3.05) is 50.9 Å². The number of aromatic nitrogens is 28. The number of benzene rings is 7. The van der Waals surface area contributed by atoms with Gasteiger partial charge in [0.2, 0.25) is 0 Å². The second kappa shape index (κ2) is 43.3. The van der Waals surface area contributed by atoms with Crippen LogP contribution in [0.4, 0.5) is 109 Å². The molecular formula is C102H107ClF7N35O2S. The second-order valence-electron chi connectivity index (χ2n) is 35.2. The Bertz CT molecular complexity index is 8350. The van der Waals surface area contributed by atoms with Crippen molar-refractivity contribution >= 4 is 143 Å².